The highest BCUT2D eigenvalue weighted by atomic mass is 31.2. The van der Waals surface area contributed by atoms with Gasteiger partial charge in [-0.15, -0.1) is 0 Å². The van der Waals surface area contributed by atoms with Gasteiger partial charge in [0.25, 0.3) is 16.7 Å². The van der Waals surface area contributed by atoms with Gasteiger partial charge in [-0.1, -0.05) is 66.7 Å². The molecule has 5 aromatic heterocycles. The maximum absolute atomic E-state index is 14.1. The van der Waals surface area contributed by atoms with E-state index in [1.54, 1.807) is 18.2 Å². The third-order valence-electron chi connectivity index (χ3n) is 13.9. The van der Waals surface area contributed by atoms with Gasteiger partial charge in [-0.05, 0) is 35.7 Å². The zero-order valence-corrected chi connectivity index (χ0v) is 46.1. The molecule has 0 spiro atoms. The minimum Gasteiger partial charge on any atom is -0.485 e. The van der Waals surface area contributed by atoms with E-state index in [-0.39, 0.29) is 85.5 Å². The Morgan fingerprint density at radius 3 is 1.68 bits per heavy atom. The molecule has 3 fully saturated rings. The van der Waals surface area contributed by atoms with Crippen molar-refractivity contribution < 1.29 is 70.5 Å². The monoisotopic (exact) mass is 1200 g/mol. The van der Waals surface area contributed by atoms with E-state index in [4.69, 9.17) is 58.0 Å². The standard InChI is InChI=1S/C51H56N12O19P2/c1-27-18-61(51(68)60-46(27)65)40-16-34(37(79-40)22-73-19-30-12-13-32(74-20-28-8-4-2-5-9-28)33(14-30)75-21-29-10-6-3-7-11-29)81-84(71,72)77-24-38-35(17-41(80-38)63-26-55-43-45(63)57-50(53)59-48(43)67)82-83(69,70)76-23-36-31(64)15-39(78-36)62-25-54-42-44(62)56-49(52)58-47(42)66/h2-14,18,25-26,31,34-41,64H,15-17,19-24H2,1H3,(H,69,70)(H,71,72)(H,60,65,68)(H3,52,56,58,66)(H3,53,57,59,67). The first-order chi connectivity index (χ1) is 40.3. The van der Waals surface area contributed by atoms with Crippen molar-refractivity contribution >= 4 is 49.9 Å². The first-order valence-corrected chi connectivity index (χ1v) is 29.1. The van der Waals surface area contributed by atoms with Gasteiger partial charge >= 0.3 is 21.3 Å². The topological polar surface area (TPSA) is 421 Å². The lowest BCUT2D eigenvalue weighted by atomic mass is 10.2. The number of ether oxygens (including phenoxy) is 6. The number of aromatic amines is 3. The lowest BCUT2D eigenvalue weighted by Gasteiger charge is -2.24. The number of fused-ring (bicyclic) bond motifs is 2. The number of aliphatic hydroxyl groups is 1. The highest BCUT2D eigenvalue weighted by molar-refractivity contribution is 7.47. The Hall–Kier alpha value is -7.74. The van der Waals surface area contributed by atoms with Crippen LogP contribution in [0, 0.1) is 6.92 Å². The predicted octanol–water partition coefficient (Wildman–Crippen LogP) is 2.88. The number of rotatable bonds is 23. The molecule has 0 radical (unpaired) electrons. The first kappa shape index (κ1) is 58.1. The van der Waals surface area contributed by atoms with Crippen molar-refractivity contribution in [2.24, 2.45) is 0 Å². The van der Waals surface area contributed by atoms with E-state index < -0.39 is 107 Å². The summed E-state index contributed by atoms with van der Waals surface area (Å²) >= 11 is 0. The summed E-state index contributed by atoms with van der Waals surface area (Å²) in [4.78, 5) is 96.4. The number of aromatic nitrogens is 10. The number of phosphoric ester groups is 2. The fourth-order valence-corrected chi connectivity index (χ4v) is 11.7. The smallest absolute Gasteiger partial charge is 0.472 e. The molecule has 3 saturated heterocycles. The van der Waals surface area contributed by atoms with E-state index in [0.29, 0.717) is 17.1 Å². The van der Waals surface area contributed by atoms with Gasteiger partial charge in [-0.3, -0.25) is 61.1 Å². The number of aryl methyl sites for hydroxylation is 1. The zero-order valence-electron chi connectivity index (χ0n) is 44.4. The molecule has 84 heavy (non-hydrogen) atoms. The largest absolute Gasteiger partial charge is 0.485 e. The van der Waals surface area contributed by atoms with Crippen molar-refractivity contribution in [3.05, 3.63) is 162 Å². The average molecular weight is 1200 g/mol. The molecule has 11 unspecified atom stereocenters. The number of hydrogen-bond acceptors (Lipinski definition) is 23. The molecule has 444 valence electrons. The van der Waals surface area contributed by atoms with E-state index in [1.165, 1.54) is 34.9 Å². The summed E-state index contributed by atoms with van der Waals surface area (Å²) in [5, 5.41) is 10.9. The van der Waals surface area contributed by atoms with Gasteiger partial charge in [-0.2, -0.15) is 9.97 Å². The first-order valence-electron chi connectivity index (χ1n) is 26.1. The number of phosphoric acid groups is 2. The van der Waals surface area contributed by atoms with Crippen LogP contribution >= 0.6 is 15.6 Å². The Bertz CT molecular complexity index is 4010. The maximum atomic E-state index is 14.1. The van der Waals surface area contributed by atoms with Crippen LogP contribution in [0.15, 0.2) is 117 Å². The molecule has 8 aromatic rings. The number of hydrogen-bond donors (Lipinski definition) is 8. The van der Waals surface area contributed by atoms with Gasteiger partial charge < -0.3 is 54.8 Å². The van der Waals surface area contributed by atoms with Crippen LogP contribution in [0.4, 0.5) is 11.9 Å². The molecular weight excluding hydrogens is 1150 g/mol. The Labute approximate surface area is 473 Å². The minimum absolute atomic E-state index is 0.0275. The lowest BCUT2D eigenvalue weighted by molar-refractivity contribution is -0.0710. The van der Waals surface area contributed by atoms with Crippen LogP contribution in [0.5, 0.6) is 11.5 Å². The second-order valence-electron chi connectivity index (χ2n) is 19.9. The van der Waals surface area contributed by atoms with E-state index in [1.807, 2.05) is 60.7 Å². The minimum atomic E-state index is -5.22. The van der Waals surface area contributed by atoms with Gasteiger partial charge in [0.05, 0.1) is 45.2 Å². The normalized spacial score (nSPS) is 23.9. The quantitative estimate of drug-likeness (QED) is 0.0427. The molecule has 10 N–H and O–H groups in total. The van der Waals surface area contributed by atoms with E-state index in [9.17, 15) is 43.2 Å². The summed E-state index contributed by atoms with van der Waals surface area (Å²) < 4.78 is 90.9. The molecule has 3 aromatic carbocycles. The molecule has 0 bridgehead atoms. The predicted molar refractivity (Wildman–Crippen MR) is 292 cm³/mol. The molecule has 31 nitrogen and oxygen atoms in total. The molecule has 33 heteroatoms. The van der Waals surface area contributed by atoms with Crippen molar-refractivity contribution in [2.45, 2.75) is 101 Å². The van der Waals surface area contributed by atoms with Gasteiger partial charge in [0.2, 0.25) is 11.9 Å². The summed E-state index contributed by atoms with van der Waals surface area (Å²) in [6.45, 7) is 0.152. The molecule has 0 aliphatic carbocycles. The third kappa shape index (κ3) is 13.3. The number of nitrogens with zero attached hydrogens (tertiary/aromatic N) is 7. The summed E-state index contributed by atoms with van der Waals surface area (Å²) in [6.07, 6.45) is -8.05. The molecule has 8 heterocycles. The maximum Gasteiger partial charge on any atom is 0.472 e. The number of imidazole rings is 2. The van der Waals surface area contributed by atoms with Crippen LogP contribution in [0.3, 0.4) is 0 Å². The molecule has 3 aliphatic heterocycles. The molecule has 0 saturated carbocycles. The Balaban J connectivity index is 0.782. The number of H-pyrrole nitrogens is 3. The number of aliphatic hydroxyl groups excluding tert-OH is 1. The van der Waals surface area contributed by atoms with Crippen molar-refractivity contribution in [3.63, 3.8) is 0 Å². The fourth-order valence-electron chi connectivity index (χ4n) is 9.78. The van der Waals surface area contributed by atoms with Crippen LogP contribution in [0.2, 0.25) is 0 Å². The highest BCUT2D eigenvalue weighted by Gasteiger charge is 2.47. The van der Waals surface area contributed by atoms with E-state index in [2.05, 4.69) is 34.9 Å². The highest BCUT2D eigenvalue weighted by Crippen LogP contribution is 2.52. The molecule has 11 rings (SSSR count). The second kappa shape index (κ2) is 24.5. The average Bonchev–Trinajstić information content (AvgIpc) is 3.80. The molecule has 0 amide bonds. The van der Waals surface area contributed by atoms with Crippen LogP contribution in [0.1, 0.15) is 60.2 Å². The SMILES string of the molecule is Cc1cn(C2CC(OP(=O)(O)OCC3OC(n4cnc5c(=O)[nH]c(N)nc54)CC3OP(=O)(O)OCC3OC(n4cnc5c(=O)[nH]c(N)nc54)CC3O)C(COCc3ccc(OCc4ccccc4)c(OCc4ccccc4)c3)O2)c(=O)[nH]c1=O. The molecule has 3 aliphatic rings. The summed E-state index contributed by atoms with van der Waals surface area (Å²) in [6, 6.07) is 24.5. The number of nitrogen functional groups attached to an aromatic ring is 2. The summed E-state index contributed by atoms with van der Waals surface area (Å²) in [5.74, 6) is 0.465. The van der Waals surface area contributed by atoms with Crippen molar-refractivity contribution in [2.75, 3.05) is 31.3 Å². The van der Waals surface area contributed by atoms with Crippen LogP contribution in [0.25, 0.3) is 22.3 Å². The number of benzene rings is 3. The second-order valence-corrected chi connectivity index (χ2v) is 22.7. The summed E-state index contributed by atoms with van der Waals surface area (Å²) in [7, 11) is -10.4. The summed E-state index contributed by atoms with van der Waals surface area (Å²) in [5.41, 5.74) is 11.4. The molecular formula is C51H56N12O19P2. The number of nitrogens with one attached hydrogen (secondary N) is 3. The van der Waals surface area contributed by atoms with Gasteiger partial charge in [0.15, 0.2) is 33.8 Å². The third-order valence-corrected chi connectivity index (χ3v) is 15.9. The van der Waals surface area contributed by atoms with Gasteiger partial charge in [0, 0.05) is 31.0 Å². The van der Waals surface area contributed by atoms with E-state index in [0.717, 1.165) is 15.7 Å². The van der Waals surface area contributed by atoms with Gasteiger partial charge in [-0.25, -0.2) is 23.9 Å². The van der Waals surface area contributed by atoms with Crippen molar-refractivity contribution in [3.8, 4) is 11.5 Å². The van der Waals surface area contributed by atoms with Crippen molar-refractivity contribution in [1.82, 2.24) is 48.6 Å². The number of anilines is 2. The Morgan fingerprint density at radius 2 is 1.11 bits per heavy atom. The Kier molecular flexibility index (Phi) is 16.9. The molecule has 11 atom stereocenters. The van der Waals surface area contributed by atoms with Crippen LogP contribution < -0.4 is 43.3 Å². The van der Waals surface area contributed by atoms with Crippen LogP contribution in [-0.2, 0) is 66.0 Å². The van der Waals surface area contributed by atoms with Crippen LogP contribution in [-0.4, -0.2) is 120 Å². The van der Waals surface area contributed by atoms with E-state index >= 15 is 0 Å². The lowest BCUT2D eigenvalue weighted by Crippen LogP contribution is -2.33. The Morgan fingerprint density at radius 1 is 0.607 bits per heavy atom. The van der Waals surface area contributed by atoms with Gasteiger partial charge in [0.1, 0.15) is 62.4 Å². The fraction of sp³-hybridized carbons (Fsp3) is 0.373. The zero-order chi connectivity index (χ0) is 58.9. The number of nitrogens with two attached hydrogens (primary N) is 2. The van der Waals surface area contributed by atoms with Crippen molar-refractivity contribution in [1.29, 1.82) is 0 Å².